The minimum Gasteiger partial charge on any atom is -0.493 e. The van der Waals surface area contributed by atoms with Crippen LogP contribution in [0, 0.1) is 5.41 Å². The average Bonchev–Trinajstić information content (AvgIpc) is 2.62. The van der Waals surface area contributed by atoms with Crippen LogP contribution in [0.5, 0.6) is 5.75 Å². The number of imide groups is 1. The second-order valence-electron chi connectivity index (χ2n) is 5.70. The molecule has 0 aliphatic carbocycles. The first-order valence-electron chi connectivity index (χ1n) is 6.96. The summed E-state index contributed by atoms with van der Waals surface area (Å²) >= 11 is 0. The lowest BCUT2D eigenvalue weighted by molar-refractivity contribution is -0.140. The standard InChI is InChI=1S/C16H19NO4/c1-4-21-13-8-6-5-7-11(13)12(18)10-17-14(19)9-16(2,3)15(17)20/h5-8H,4,9-10H2,1-3H3. The second kappa shape index (κ2) is 5.68. The predicted molar refractivity (Wildman–Crippen MR) is 77.1 cm³/mol. The molecule has 1 heterocycles. The van der Waals surface area contributed by atoms with Crippen molar-refractivity contribution >= 4 is 17.6 Å². The van der Waals surface area contributed by atoms with Crippen LogP contribution in [0.15, 0.2) is 24.3 Å². The van der Waals surface area contributed by atoms with Crippen LogP contribution < -0.4 is 4.74 Å². The van der Waals surface area contributed by atoms with E-state index in [9.17, 15) is 14.4 Å². The van der Waals surface area contributed by atoms with Crippen molar-refractivity contribution in [2.24, 2.45) is 5.41 Å². The number of Topliss-reactive ketones (excluding diaryl/α,β-unsaturated/α-hetero) is 1. The van der Waals surface area contributed by atoms with E-state index in [2.05, 4.69) is 0 Å². The molecule has 0 aromatic heterocycles. The number of carbonyl (C=O) groups is 3. The van der Waals surface area contributed by atoms with Crippen molar-refractivity contribution < 1.29 is 19.1 Å². The van der Waals surface area contributed by atoms with Crippen LogP contribution >= 0.6 is 0 Å². The highest BCUT2D eigenvalue weighted by Gasteiger charge is 2.45. The molecule has 1 aliphatic heterocycles. The van der Waals surface area contributed by atoms with Gasteiger partial charge in [0.15, 0.2) is 5.78 Å². The summed E-state index contributed by atoms with van der Waals surface area (Å²) in [7, 11) is 0. The van der Waals surface area contributed by atoms with E-state index in [1.54, 1.807) is 38.1 Å². The number of nitrogens with zero attached hydrogens (tertiary/aromatic N) is 1. The number of hydrogen-bond donors (Lipinski definition) is 0. The first kappa shape index (κ1) is 15.2. The number of likely N-dealkylation sites (tertiary alicyclic amines) is 1. The van der Waals surface area contributed by atoms with Gasteiger partial charge < -0.3 is 4.74 Å². The number of carbonyl (C=O) groups excluding carboxylic acids is 3. The summed E-state index contributed by atoms with van der Waals surface area (Å²) in [4.78, 5) is 37.5. The molecule has 5 heteroatoms. The SMILES string of the molecule is CCOc1ccccc1C(=O)CN1C(=O)CC(C)(C)C1=O. The Morgan fingerprint density at radius 1 is 1.29 bits per heavy atom. The normalized spacial score (nSPS) is 17.2. The maximum Gasteiger partial charge on any atom is 0.235 e. The van der Waals surface area contributed by atoms with Crippen molar-refractivity contribution in [1.29, 1.82) is 0 Å². The van der Waals surface area contributed by atoms with E-state index >= 15 is 0 Å². The molecule has 1 fully saturated rings. The van der Waals surface area contributed by atoms with Gasteiger partial charge in [0.2, 0.25) is 11.8 Å². The zero-order valence-corrected chi connectivity index (χ0v) is 12.5. The molecule has 0 atom stereocenters. The highest BCUT2D eigenvalue weighted by molar-refractivity contribution is 6.10. The van der Waals surface area contributed by atoms with Crippen molar-refractivity contribution in [3.05, 3.63) is 29.8 Å². The van der Waals surface area contributed by atoms with E-state index in [4.69, 9.17) is 4.74 Å². The Bertz CT molecular complexity index is 592. The first-order chi connectivity index (χ1) is 9.86. The van der Waals surface area contributed by atoms with Gasteiger partial charge in [0.1, 0.15) is 5.75 Å². The Labute approximate surface area is 123 Å². The fourth-order valence-electron chi connectivity index (χ4n) is 2.39. The molecule has 1 aliphatic rings. The monoisotopic (exact) mass is 289 g/mol. The van der Waals surface area contributed by atoms with Crippen LogP contribution in [0.3, 0.4) is 0 Å². The van der Waals surface area contributed by atoms with Gasteiger partial charge in [-0.15, -0.1) is 0 Å². The fraction of sp³-hybridized carbons (Fsp3) is 0.438. The third kappa shape index (κ3) is 2.96. The molecule has 0 N–H and O–H groups in total. The van der Waals surface area contributed by atoms with Crippen molar-refractivity contribution in [2.45, 2.75) is 27.2 Å². The third-order valence-corrected chi connectivity index (χ3v) is 3.51. The van der Waals surface area contributed by atoms with Crippen LogP contribution in [0.1, 0.15) is 37.6 Å². The number of ketones is 1. The molecule has 1 aromatic rings. The van der Waals surface area contributed by atoms with Crippen molar-refractivity contribution in [3.63, 3.8) is 0 Å². The van der Waals surface area contributed by atoms with Gasteiger partial charge in [-0.3, -0.25) is 19.3 Å². The largest absolute Gasteiger partial charge is 0.493 e. The van der Waals surface area contributed by atoms with Crippen LogP contribution in [0.4, 0.5) is 0 Å². The molecule has 2 rings (SSSR count). The third-order valence-electron chi connectivity index (χ3n) is 3.51. The van der Waals surface area contributed by atoms with Crippen molar-refractivity contribution in [1.82, 2.24) is 4.90 Å². The lowest BCUT2D eigenvalue weighted by atomic mass is 9.92. The van der Waals surface area contributed by atoms with E-state index in [-0.39, 0.29) is 30.6 Å². The topological polar surface area (TPSA) is 63.7 Å². The minimum absolute atomic E-state index is 0.145. The summed E-state index contributed by atoms with van der Waals surface area (Å²) in [6, 6.07) is 6.85. The van der Waals surface area contributed by atoms with Gasteiger partial charge in [0, 0.05) is 6.42 Å². The van der Waals surface area contributed by atoms with Crippen molar-refractivity contribution in [3.8, 4) is 5.75 Å². The number of ether oxygens (including phenoxy) is 1. The molecule has 0 saturated carbocycles. The zero-order chi connectivity index (χ0) is 15.6. The van der Waals surface area contributed by atoms with Gasteiger partial charge in [-0.1, -0.05) is 26.0 Å². The number of para-hydroxylation sites is 1. The molecule has 2 amide bonds. The van der Waals surface area contributed by atoms with Gasteiger partial charge in [0.05, 0.1) is 24.1 Å². The lowest BCUT2D eigenvalue weighted by Crippen LogP contribution is -2.37. The van der Waals surface area contributed by atoms with E-state index in [0.717, 1.165) is 4.90 Å². The zero-order valence-electron chi connectivity index (χ0n) is 12.5. The highest BCUT2D eigenvalue weighted by atomic mass is 16.5. The van der Waals surface area contributed by atoms with Crippen LogP contribution in [0.2, 0.25) is 0 Å². The van der Waals surface area contributed by atoms with E-state index in [1.165, 1.54) is 0 Å². The summed E-state index contributed by atoms with van der Waals surface area (Å²) in [6.45, 7) is 5.47. The smallest absolute Gasteiger partial charge is 0.235 e. The van der Waals surface area contributed by atoms with Crippen LogP contribution in [-0.4, -0.2) is 35.6 Å². The first-order valence-corrected chi connectivity index (χ1v) is 6.96. The predicted octanol–water partition coefficient (Wildman–Crippen LogP) is 2.05. The van der Waals surface area contributed by atoms with Gasteiger partial charge in [-0.25, -0.2) is 0 Å². The molecular weight excluding hydrogens is 270 g/mol. The van der Waals surface area contributed by atoms with Gasteiger partial charge in [0.25, 0.3) is 0 Å². The highest BCUT2D eigenvalue weighted by Crippen LogP contribution is 2.32. The van der Waals surface area contributed by atoms with E-state index in [0.29, 0.717) is 17.9 Å². The lowest BCUT2D eigenvalue weighted by Gasteiger charge is -2.17. The maximum absolute atomic E-state index is 12.4. The van der Waals surface area contributed by atoms with Gasteiger partial charge in [-0.05, 0) is 19.1 Å². The summed E-state index contributed by atoms with van der Waals surface area (Å²) in [6.07, 6.45) is 0.145. The Morgan fingerprint density at radius 3 is 2.52 bits per heavy atom. The van der Waals surface area contributed by atoms with Crippen LogP contribution in [0.25, 0.3) is 0 Å². The van der Waals surface area contributed by atoms with E-state index < -0.39 is 5.41 Å². The van der Waals surface area contributed by atoms with E-state index in [1.807, 2.05) is 6.92 Å². The summed E-state index contributed by atoms with van der Waals surface area (Å²) in [5, 5.41) is 0. The number of amides is 2. The number of rotatable bonds is 5. The summed E-state index contributed by atoms with van der Waals surface area (Å²) < 4.78 is 5.41. The molecule has 21 heavy (non-hydrogen) atoms. The number of hydrogen-bond acceptors (Lipinski definition) is 4. The quantitative estimate of drug-likeness (QED) is 0.615. The van der Waals surface area contributed by atoms with Crippen molar-refractivity contribution in [2.75, 3.05) is 13.2 Å². The van der Waals surface area contributed by atoms with Crippen LogP contribution in [-0.2, 0) is 9.59 Å². The number of benzene rings is 1. The minimum atomic E-state index is -0.725. The van der Waals surface area contributed by atoms with Gasteiger partial charge in [-0.2, -0.15) is 0 Å². The fourth-order valence-corrected chi connectivity index (χ4v) is 2.39. The molecule has 1 saturated heterocycles. The molecule has 0 radical (unpaired) electrons. The molecular formula is C16H19NO4. The molecule has 0 bridgehead atoms. The van der Waals surface area contributed by atoms with Gasteiger partial charge >= 0.3 is 0 Å². The Hall–Kier alpha value is -2.17. The molecule has 1 aromatic carbocycles. The molecule has 0 spiro atoms. The Morgan fingerprint density at radius 2 is 1.95 bits per heavy atom. The maximum atomic E-state index is 12.4. The Balaban J connectivity index is 2.19. The summed E-state index contributed by atoms with van der Waals surface area (Å²) in [5.74, 6) is -0.413. The molecule has 0 unspecified atom stereocenters. The Kier molecular flexibility index (Phi) is 4.11. The summed E-state index contributed by atoms with van der Waals surface area (Å²) in [5.41, 5.74) is -0.332. The molecule has 5 nitrogen and oxygen atoms in total. The average molecular weight is 289 g/mol. The molecule has 112 valence electrons. The second-order valence-corrected chi connectivity index (χ2v) is 5.70.